The molecular weight excluding hydrogens is 344 g/mol. The van der Waals surface area contributed by atoms with Gasteiger partial charge < -0.3 is 14.9 Å². The minimum Gasteiger partial charge on any atom is -0.394 e. The lowest BCUT2D eigenvalue weighted by molar-refractivity contribution is -0.0544. The van der Waals surface area contributed by atoms with E-state index in [4.69, 9.17) is 8.92 Å². The maximum atomic E-state index is 12.0. The van der Waals surface area contributed by atoms with Crippen LogP contribution in [0.3, 0.4) is 0 Å². The molecule has 0 unspecified atom stereocenters. The molecule has 0 aliphatic carbocycles. The number of aromatic nitrogens is 2. The summed E-state index contributed by atoms with van der Waals surface area (Å²) in [5.74, 6) is 0. The van der Waals surface area contributed by atoms with Crippen LogP contribution in [0.15, 0.2) is 15.8 Å². The summed E-state index contributed by atoms with van der Waals surface area (Å²) >= 11 is 0. The Bertz CT molecular complexity index is 799. The molecule has 1 saturated heterocycles. The molecule has 11 heteroatoms. The Morgan fingerprint density at radius 1 is 1.42 bits per heavy atom. The van der Waals surface area contributed by atoms with Crippen molar-refractivity contribution in [3.63, 3.8) is 0 Å². The first kappa shape index (κ1) is 18.8. The molecule has 136 valence electrons. The Morgan fingerprint density at radius 2 is 2.08 bits per heavy atom. The molecule has 3 N–H and O–H groups in total. The van der Waals surface area contributed by atoms with Crippen molar-refractivity contribution < 1.29 is 27.6 Å². The molecule has 0 bridgehead atoms. The van der Waals surface area contributed by atoms with Crippen molar-refractivity contribution in [1.82, 2.24) is 9.55 Å². The molecule has 24 heavy (non-hydrogen) atoms. The van der Waals surface area contributed by atoms with Crippen LogP contribution in [-0.4, -0.2) is 59.4 Å². The van der Waals surface area contributed by atoms with E-state index in [9.17, 15) is 28.2 Å². The van der Waals surface area contributed by atoms with Gasteiger partial charge in [0.1, 0.15) is 18.3 Å². The minimum atomic E-state index is -3.92. The first-order valence-electron chi connectivity index (χ1n) is 7.35. The van der Waals surface area contributed by atoms with Crippen molar-refractivity contribution in [2.24, 2.45) is 0 Å². The highest BCUT2D eigenvalue weighted by Crippen LogP contribution is 2.31. The molecule has 0 amide bonds. The molecule has 0 spiro atoms. The molecule has 4 atom stereocenters. The molecule has 1 aliphatic heterocycles. The number of H-pyrrole nitrogens is 1. The van der Waals surface area contributed by atoms with Gasteiger partial charge in [0.05, 0.1) is 12.9 Å². The highest BCUT2D eigenvalue weighted by Gasteiger charge is 2.47. The Labute approximate surface area is 137 Å². The average molecular weight is 364 g/mol. The number of rotatable bonds is 6. The molecule has 1 fully saturated rings. The van der Waals surface area contributed by atoms with Crippen molar-refractivity contribution in [3.8, 4) is 0 Å². The van der Waals surface area contributed by atoms with Crippen LogP contribution in [0.4, 0.5) is 0 Å². The summed E-state index contributed by atoms with van der Waals surface area (Å²) in [6.45, 7) is 1.24. The lowest BCUT2D eigenvalue weighted by Crippen LogP contribution is -2.40. The number of ether oxygens (including phenoxy) is 1. The highest BCUT2D eigenvalue weighted by atomic mass is 32.2. The number of aliphatic hydroxyl groups excluding tert-OH is 2. The summed E-state index contributed by atoms with van der Waals surface area (Å²) < 4.78 is 33.7. The lowest BCUT2D eigenvalue weighted by atomic mass is 10.1. The molecule has 2 heterocycles. The van der Waals surface area contributed by atoms with Gasteiger partial charge in [-0.25, -0.2) is 4.79 Å². The fourth-order valence-electron chi connectivity index (χ4n) is 2.58. The smallest absolute Gasteiger partial charge is 0.330 e. The summed E-state index contributed by atoms with van der Waals surface area (Å²) in [4.78, 5) is 25.9. The third kappa shape index (κ3) is 3.92. The fourth-order valence-corrected chi connectivity index (χ4v) is 3.22. The van der Waals surface area contributed by atoms with Crippen LogP contribution < -0.4 is 11.2 Å². The van der Waals surface area contributed by atoms with E-state index in [1.165, 1.54) is 6.20 Å². The summed E-state index contributed by atoms with van der Waals surface area (Å²) in [5.41, 5.74) is -1.03. The van der Waals surface area contributed by atoms with Crippen LogP contribution in [0.2, 0.25) is 0 Å². The summed E-state index contributed by atoms with van der Waals surface area (Å²) in [7, 11) is -3.92. The summed E-state index contributed by atoms with van der Waals surface area (Å²) in [5, 5.41) is 19.6. The quantitative estimate of drug-likeness (QED) is 0.495. The second-order valence-electron chi connectivity index (χ2n) is 5.57. The van der Waals surface area contributed by atoms with Crippen molar-refractivity contribution in [2.45, 2.75) is 44.3 Å². The maximum absolute atomic E-state index is 12.0. The summed E-state index contributed by atoms with van der Waals surface area (Å²) in [6, 6.07) is 0. The van der Waals surface area contributed by atoms with Gasteiger partial charge in [-0.1, -0.05) is 13.3 Å². The Morgan fingerprint density at radius 3 is 2.62 bits per heavy atom. The van der Waals surface area contributed by atoms with Crippen molar-refractivity contribution >= 4 is 10.1 Å². The number of hydrogen-bond acceptors (Lipinski definition) is 8. The van der Waals surface area contributed by atoms with E-state index in [1.54, 1.807) is 0 Å². The average Bonchev–Trinajstić information content (AvgIpc) is 2.77. The van der Waals surface area contributed by atoms with Crippen LogP contribution in [0.25, 0.3) is 0 Å². The monoisotopic (exact) mass is 364 g/mol. The van der Waals surface area contributed by atoms with Crippen molar-refractivity contribution in [3.05, 3.63) is 32.6 Å². The molecule has 2 rings (SSSR count). The Kier molecular flexibility index (Phi) is 5.60. The topological polar surface area (TPSA) is 148 Å². The van der Waals surface area contributed by atoms with E-state index in [2.05, 4.69) is 4.98 Å². The zero-order chi connectivity index (χ0) is 18.1. The zero-order valence-corrected chi connectivity index (χ0v) is 14.0. The number of aryl methyl sites for hydroxylation is 1. The first-order valence-corrected chi connectivity index (χ1v) is 9.16. The highest BCUT2D eigenvalue weighted by molar-refractivity contribution is 7.86. The van der Waals surface area contributed by atoms with Crippen LogP contribution in [0.1, 0.15) is 25.1 Å². The molecule has 1 aromatic heterocycles. The van der Waals surface area contributed by atoms with E-state index in [1.807, 2.05) is 6.92 Å². The van der Waals surface area contributed by atoms with Gasteiger partial charge in [0.25, 0.3) is 15.7 Å². The van der Waals surface area contributed by atoms with Gasteiger partial charge in [-0.05, 0) is 6.42 Å². The Balaban J connectivity index is 2.41. The van der Waals surface area contributed by atoms with Gasteiger partial charge in [-0.3, -0.25) is 18.5 Å². The summed E-state index contributed by atoms with van der Waals surface area (Å²) in [6.07, 6.45) is -2.22. The van der Waals surface area contributed by atoms with Crippen LogP contribution in [0.5, 0.6) is 0 Å². The fraction of sp³-hybridized carbons (Fsp3) is 0.692. The number of aliphatic hydroxyl groups is 2. The molecule has 1 aromatic rings. The first-order chi connectivity index (χ1) is 11.2. The SMILES string of the molecule is CCCc1cn([C@@H]2O[C@H](CO)[C@H](OS(C)(=O)=O)[C@H]2O)c(=O)[nH]c1=O. The van der Waals surface area contributed by atoms with E-state index >= 15 is 0 Å². The van der Waals surface area contributed by atoms with Crippen LogP contribution in [0, 0.1) is 0 Å². The number of nitrogens with one attached hydrogen (secondary N) is 1. The van der Waals surface area contributed by atoms with Gasteiger partial charge in [-0.15, -0.1) is 0 Å². The maximum Gasteiger partial charge on any atom is 0.330 e. The second kappa shape index (κ2) is 7.15. The molecular formula is C13H20N2O8S. The second-order valence-corrected chi connectivity index (χ2v) is 7.17. The molecule has 0 saturated carbocycles. The largest absolute Gasteiger partial charge is 0.394 e. The van der Waals surface area contributed by atoms with Gasteiger partial charge >= 0.3 is 5.69 Å². The Hall–Kier alpha value is -1.53. The van der Waals surface area contributed by atoms with Crippen molar-refractivity contribution in [1.29, 1.82) is 0 Å². The third-order valence-corrected chi connectivity index (χ3v) is 4.18. The number of nitrogens with zero attached hydrogens (tertiary/aromatic N) is 1. The minimum absolute atomic E-state index is 0.320. The predicted octanol–water partition coefficient (Wildman–Crippen LogP) is -1.92. The zero-order valence-electron chi connectivity index (χ0n) is 13.2. The van der Waals surface area contributed by atoms with Gasteiger partial charge in [0.15, 0.2) is 6.23 Å². The van der Waals surface area contributed by atoms with E-state index < -0.39 is 52.5 Å². The van der Waals surface area contributed by atoms with Gasteiger partial charge in [0.2, 0.25) is 0 Å². The third-order valence-electron chi connectivity index (χ3n) is 3.61. The lowest BCUT2D eigenvalue weighted by Gasteiger charge is -2.19. The molecule has 10 nitrogen and oxygen atoms in total. The van der Waals surface area contributed by atoms with Gasteiger partial charge in [-0.2, -0.15) is 8.42 Å². The predicted molar refractivity (Wildman–Crippen MR) is 82.0 cm³/mol. The molecule has 0 aromatic carbocycles. The molecule has 1 aliphatic rings. The van der Waals surface area contributed by atoms with Crippen molar-refractivity contribution in [2.75, 3.05) is 12.9 Å². The number of hydrogen-bond donors (Lipinski definition) is 3. The van der Waals surface area contributed by atoms with E-state index in [0.29, 0.717) is 18.4 Å². The van der Waals surface area contributed by atoms with E-state index in [0.717, 1.165) is 10.8 Å². The normalized spacial score (nSPS) is 27.5. The molecule has 0 radical (unpaired) electrons. The standard InChI is InChI=1S/C13H20N2O8S/c1-3-4-7-5-15(13(19)14-11(7)18)12-9(17)10(8(6-16)22-12)23-24(2,20)21/h5,8-10,12,16-17H,3-4,6H2,1-2H3,(H,14,18,19)/t8-,9-,10+,12-/m1/s1. The van der Waals surface area contributed by atoms with E-state index in [-0.39, 0.29) is 0 Å². The van der Waals surface area contributed by atoms with Crippen LogP contribution >= 0.6 is 0 Å². The number of aromatic amines is 1. The van der Waals surface area contributed by atoms with Crippen LogP contribution in [-0.2, 0) is 25.5 Å². The van der Waals surface area contributed by atoms with Gasteiger partial charge in [0, 0.05) is 11.8 Å².